The van der Waals surface area contributed by atoms with Crippen molar-refractivity contribution in [3.8, 4) is 0 Å². The highest BCUT2D eigenvalue weighted by Gasteiger charge is 2.50. The lowest BCUT2D eigenvalue weighted by Crippen LogP contribution is -2.61. The molecule has 0 aromatic rings. The van der Waals surface area contributed by atoms with E-state index in [4.69, 9.17) is 24.7 Å². The summed E-state index contributed by atoms with van der Waals surface area (Å²) in [4.78, 5) is 24.7. The first-order chi connectivity index (χ1) is 23.7. The summed E-state index contributed by atoms with van der Waals surface area (Å²) in [6, 6.07) is -1.09. The zero-order valence-electron chi connectivity index (χ0n) is 28.7. The molecular formula is C36H55NO13. The van der Waals surface area contributed by atoms with Crippen LogP contribution in [0.2, 0.25) is 0 Å². The number of cyclic esters (lactones) is 1. The lowest BCUT2D eigenvalue weighted by Gasteiger charge is -2.45. The van der Waals surface area contributed by atoms with Crippen LogP contribution in [0.4, 0.5) is 0 Å². The minimum absolute atomic E-state index is 0.00930. The van der Waals surface area contributed by atoms with E-state index in [1.54, 1.807) is 43.4 Å². The maximum atomic E-state index is 12.4. The second-order valence-corrected chi connectivity index (χ2v) is 13.3. The molecule has 14 nitrogen and oxygen atoms in total. The quantitative estimate of drug-likeness (QED) is 0.181. The maximum Gasteiger partial charge on any atom is 0.330 e. The molecule has 2 bridgehead atoms. The molecule has 2 fully saturated rings. The Bertz CT molecular complexity index is 1220. The number of aliphatic hydroxyl groups is 6. The molecule has 13 atom stereocenters. The molecule has 0 aromatic carbocycles. The van der Waals surface area contributed by atoms with Crippen LogP contribution in [0.15, 0.2) is 60.8 Å². The summed E-state index contributed by atoms with van der Waals surface area (Å²) in [5.74, 6) is -5.60. The van der Waals surface area contributed by atoms with Gasteiger partial charge in [0.15, 0.2) is 12.1 Å². The van der Waals surface area contributed by atoms with Crippen molar-refractivity contribution in [1.82, 2.24) is 0 Å². The van der Waals surface area contributed by atoms with E-state index >= 15 is 0 Å². The minimum atomic E-state index is -2.18. The number of carboxylic acid groups (broad SMARTS) is 1. The SMILES string of the molecule is CCCCC1CC=CC=CC=CC=CC(OC2OC(C)C(O)C(N)C2O)CC2OC(O)(CC(O)CC(O)CC=CC(=O)O1)CC(O)C2C(=O)O. The van der Waals surface area contributed by atoms with Crippen LogP contribution in [0.3, 0.4) is 0 Å². The number of esters is 1. The monoisotopic (exact) mass is 709 g/mol. The molecule has 9 N–H and O–H groups in total. The molecule has 50 heavy (non-hydrogen) atoms. The van der Waals surface area contributed by atoms with Gasteiger partial charge in [-0.15, -0.1) is 0 Å². The summed E-state index contributed by atoms with van der Waals surface area (Å²) in [5, 5.41) is 74.5. The van der Waals surface area contributed by atoms with E-state index in [1.807, 2.05) is 19.1 Å². The van der Waals surface area contributed by atoms with Gasteiger partial charge >= 0.3 is 11.9 Å². The van der Waals surface area contributed by atoms with Crippen LogP contribution in [0.5, 0.6) is 0 Å². The number of hydrogen-bond donors (Lipinski definition) is 8. The highest BCUT2D eigenvalue weighted by atomic mass is 16.7. The van der Waals surface area contributed by atoms with Crippen LogP contribution >= 0.6 is 0 Å². The van der Waals surface area contributed by atoms with Gasteiger partial charge in [0.1, 0.15) is 18.1 Å². The largest absolute Gasteiger partial charge is 0.481 e. The number of hydrogen-bond acceptors (Lipinski definition) is 13. The van der Waals surface area contributed by atoms with Gasteiger partial charge in [-0.2, -0.15) is 0 Å². The van der Waals surface area contributed by atoms with Crippen LogP contribution in [0.25, 0.3) is 0 Å². The molecule has 0 aromatic heterocycles. The van der Waals surface area contributed by atoms with Crippen molar-refractivity contribution in [3.05, 3.63) is 60.8 Å². The number of carbonyl (C=O) groups excluding carboxylic acids is 1. The maximum absolute atomic E-state index is 12.4. The van der Waals surface area contributed by atoms with Crippen LogP contribution in [0, 0.1) is 5.92 Å². The third kappa shape index (κ3) is 13.1. The number of aliphatic carboxylic acids is 1. The van der Waals surface area contributed by atoms with E-state index in [9.17, 15) is 45.3 Å². The van der Waals surface area contributed by atoms with Gasteiger partial charge in [-0.25, -0.2) is 4.79 Å². The summed E-state index contributed by atoms with van der Waals surface area (Å²) in [6.07, 6.45) is 6.71. The highest BCUT2D eigenvalue weighted by Crippen LogP contribution is 2.38. The van der Waals surface area contributed by atoms with Crippen LogP contribution in [0.1, 0.15) is 71.6 Å². The predicted molar refractivity (Wildman–Crippen MR) is 181 cm³/mol. The molecule has 2 saturated heterocycles. The van der Waals surface area contributed by atoms with Gasteiger partial charge in [0, 0.05) is 31.8 Å². The fraction of sp³-hybridized carbons (Fsp3) is 0.667. The fourth-order valence-corrected chi connectivity index (χ4v) is 6.31. The summed E-state index contributed by atoms with van der Waals surface area (Å²) in [6.45, 7) is 3.61. The lowest BCUT2D eigenvalue weighted by atomic mass is 9.83. The van der Waals surface area contributed by atoms with E-state index in [-0.39, 0.29) is 25.4 Å². The molecule has 282 valence electrons. The topological polar surface area (TPSA) is 239 Å². The Balaban J connectivity index is 1.91. The van der Waals surface area contributed by atoms with Crippen molar-refractivity contribution < 1.29 is 64.3 Å². The molecule has 14 heteroatoms. The van der Waals surface area contributed by atoms with Crippen molar-refractivity contribution in [2.75, 3.05) is 0 Å². The molecule has 3 heterocycles. The summed E-state index contributed by atoms with van der Waals surface area (Å²) in [7, 11) is 0. The molecule has 13 unspecified atom stereocenters. The number of rotatable bonds is 6. The molecule has 3 aliphatic heterocycles. The Morgan fingerprint density at radius 3 is 2.36 bits per heavy atom. The number of aliphatic hydroxyl groups excluding tert-OH is 5. The summed E-state index contributed by atoms with van der Waals surface area (Å²) < 4.78 is 23.2. The Hall–Kier alpha value is -2.76. The first kappa shape index (κ1) is 41.7. The number of unbranched alkanes of at least 4 members (excludes halogenated alkanes) is 1. The number of carbonyl (C=O) groups is 2. The van der Waals surface area contributed by atoms with Gasteiger partial charge < -0.3 is 60.4 Å². The lowest BCUT2D eigenvalue weighted by molar-refractivity contribution is -0.308. The normalized spacial score (nSPS) is 39.8. The van der Waals surface area contributed by atoms with Gasteiger partial charge in [-0.05, 0) is 26.2 Å². The average molecular weight is 710 g/mol. The van der Waals surface area contributed by atoms with Gasteiger partial charge in [0.2, 0.25) is 0 Å². The summed E-state index contributed by atoms with van der Waals surface area (Å²) >= 11 is 0. The van der Waals surface area contributed by atoms with E-state index in [1.165, 1.54) is 12.2 Å². The highest BCUT2D eigenvalue weighted by molar-refractivity contribution is 5.82. The second-order valence-electron chi connectivity index (χ2n) is 13.3. The van der Waals surface area contributed by atoms with Crippen LogP contribution in [-0.2, 0) is 28.5 Å². The zero-order chi connectivity index (χ0) is 36.8. The van der Waals surface area contributed by atoms with Gasteiger partial charge in [-0.3, -0.25) is 4.79 Å². The zero-order valence-corrected chi connectivity index (χ0v) is 28.7. The number of fused-ring (bicyclic) bond motifs is 2. The van der Waals surface area contributed by atoms with Crippen LogP contribution < -0.4 is 5.73 Å². The smallest absolute Gasteiger partial charge is 0.330 e. The average Bonchev–Trinajstić information content (AvgIpc) is 3.02. The first-order valence-electron chi connectivity index (χ1n) is 17.4. The predicted octanol–water partition coefficient (Wildman–Crippen LogP) is 1.27. The standard InChI is InChI=1S/C36H55NO13/c1-3-4-14-25-15-10-8-6-5-7-9-11-16-26(49-35-33(43)31(37)32(42)22(2)47-35)19-28-30(34(44)45)27(40)21-36(46,50-28)20-24(39)18-23(38)13-12-17-29(41)48-25/h5-12,16-17,22-28,30-33,35,38-40,42-43,46H,3-4,13-15,18-21,37H2,1-2H3,(H,44,45). The summed E-state index contributed by atoms with van der Waals surface area (Å²) in [5.41, 5.74) is 5.98. The molecule has 0 radical (unpaired) electrons. The van der Waals surface area contributed by atoms with E-state index < -0.39 is 97.6 Å². The fourth-order valence-electron chi connectivity index (χ4n) is 6.31. The van der Waals surface area contributed by atoms with Crippen molar-refractivity contribution in [2.45, 2.75) is 145 Å². The number of nitrogens with two attached hydrogens (primary N) is 1. The Labute approximate surface area is 293 Å². The third-order valence-corrected chi connectivity index (χ3v) is 9.01. The number of allylic oxidation sites excluding steroid dienone is 6. The molecular weight excluding hydrogens is 654 g/mol. The third-order valence-electron chi connectivity index (χ3n) is 9.01. The molecule has 0 saturated carbocycles. The van der Waals surface area contributed by atoms with Crippen molar-refractivity contribution in [1.29, 1.82) is 0 Å². The molecule has 3 aliphatic rings. The van der Waals surface area contributed by atoms with Crippen molar-refractivity contribution >= 4 is 11.9 Å². The molecule has 0 spiro atoms. The van der Waals surface area contributed by atoms with E-state index in [0.29, 0.717) is 12.8 Å². The molecule has 0 amide bonds. The Morgan fingerprint density at radius 1 is 0.960 bits per heavy atom. The van der Waals surface area contributed by atoms with E-state index in [0.717, 1.165) is 12.8 Å². The van der Waals surface area contributed by atoms with Gasteiger partial charge in [0.25, 0.3) is 0 Å². The van der Waals surface area contributed by atoms with Crippen molar-refractivity contribution in [2.24, 2.45) is 11.7 Å². The molecule has 0 aliphatic carbocycles. The Kier molecular flexibility index (Phi) is 16.9. The van der Waals surface area contributed by atoms with E-state index in [2.05, 4.69) is 0 Å². The second kappa shape index (κ2) is 20.3. The van der Waals surface area contributed by atoms with Crippen molar-refractivity contribution in [3.63, 3.8) is 0 Å². The number of carboxylic acids is 1. The Morgan fingerprint density at radius 2 is 1.66 bits per heavy atom. The first-order valence-corrected chi connectivity index (χ1v) is 17.4. The van der Waals surface area contributed by atoms with Gasteiger partial charge in [-0.1, -0.05) is 74.4 Å². The number of ether oxygens (including phenoxy) is 4. The van der Waals surface area contributed by atoms with Crippen LogP contribution in [-0.4, -0.2) is 121 Å². The molecule has 3 rings (SSSR count). The van der Waals surface area contributed by atoms with Gasteiger partial charge in [0.05, 0.1) is 48.8 Å². The minimum Gasteiger partial charge on any atom is -0.481 e.